The molecule has 0 aliphatic heterocycles. The zero-order valence-corrected chi connectivity index (χ0v) is 13.6. The molecule has 0 aliphatic rings. The first-order valence-electron chi connectivity index (χ1n) is 7.37. The molecule has 0 unspecified atom stereocenters. The summed E-state index contributed by atoms with van der Waals surface area (Å²) in [6, 6.07) is 5.45. The number of hydrogen-bond acceptors (Lipinski definition) is 5. The van der Waals surface area contributed by atoms with Crippen molar-refractivity contribution < 1.29 is 14.3 Å². The molecule has 6 nitrogen and oxygen atoms in total. The molecule has 0 bridgehead atoms. The van der Waals surface area contributed by atoms with Gasteiger partial charge in [0.05, 0.1) is 26.3 Å². The molecule has 1 aromatic carbocycles. The molecule has 1 aromatic heterocycles. The van der Waals surface area contributed by atoms with Crippen molar-refractivity contribution in [3.63, 3.8) is 0 Å². The molecule has 23 heavy (non-hydrogen) atoms. The van der Waals surface area contributed by atoms with Gasteiger partial charge in [0.15, 0.2) is 11.5 Å². The number of carbonyl (C=O) groups excluding carboxylic acids is 1. The third-order valence-corrected chi connectivity index (χ3v) is 3.35. The maximum Gasteiger partial charge on any atom is 0.224 e. The summed E-state index contributed by atoms with van der Waals surface area (Å²) in [7, 11) is 3.16. The molecule has 1 N–H and O–H groups in total. The van der Waals surface area contributed by atoms with E-state index in [-0.39, 0.29) is 18.4 Å². The van der Waals surface area contributed by atoms with E-state index in [2.05, 4.69) is 15.3 Å². The van der Waals surface area contributed by atoms with Gasteiger partial charge < -0.3 is 14.8 Å². The Morgan fingerprint density at radius 2 is 2.00 bits per heavy atom. The molecule has 6 heteroatoms. The fourth-order valence-corrected chi connectivity index (χ4v) is 2.30. The van der Waals surface area contributed by atoms with Crippen LogP contribution in [0.1, 0.15) is 18.2 Å². The van der Waals surface area contributed by atoms with E-state index >= 15 is 0 Å². The van der Waals surface area contributed by atoms with Crippen LogP contribution in [0, 0.1) is 0 Å². The molecule has 2 aromatic rings. The number of ether oxygens (including phenoxy) is 2. The summed E-state index contributed by atoms with van der Waals surface area (Å²) in [4.78, 5) is 20.4. The molecule has 0 saturated heterocycles. The highest BCUT2D eigenvalue weighted by Gasteiger charge is 2.11. The van der Waals surface area contributed by atoms with Crippen LogP contribution >= 0.6 is 0 Å². The van der Waals surface area contributed by atoms with Crippen molar-refractivity contribution in [3.05, 3.63) is 48.0 Å². The highest BCUT2D eigenvalue weighted by atomic mass is 16.5. The lowest BCUT2D eigenvalue weighted by Crippen LogP contribution is -2.35. The van der Waals surface area contributed by atoms with Gasteiger partial charge in [0.25, 0.3) is 0 Å². The second-order valence-corrected chi connectivity index (χ2v) is 5.24. The predicted molar refractivity (Wildman–Crippen MR) is 86.6 cm³/mol. The summed E-state index contributed by atoms with van der Waals surface area (Å²) < 4.78 is 10.4. The van der Waals surface area contributed by atoms with Crippen LogP contribution in [0.4, 0.5) is 0 Å². The van der Waals surface area contributed by atoms with Crippen molar-refractivity contribution >= 4 is 5.91 Å². The van der Waals surface area contributed by atoms with Gasteiger partial charge in [0.1, 0.15) is 0 Å². The van der Waals surface area contributed by atoms with Crippen molar-refractivity contribution in [1.29, 1.82) is 0 Å². The average Bonchev–Trinajstić information content (AvgIpc) is 2.55. The number of aromatic nitrogens is 2. The van der Waals surface area contributed by atoms with Gasteiger partial charge in [-0.05, 0) is 24.6 Å². The minimum Gasteiger partial charge on any atom is -0.493 e. The highest BCUT2D eigenvalue weighted by Crippen LogP contribution is 2.27. The van der Waals surface area contributed by atoms with E-state index < -0.39 is 0 Å². The number of amides is 1. The minimum atomic E-state index is -0.0476. The van der Waals surface area contributed by atoms with Crippen LogP contribution in [-0.2, 0) is 17.6 Å². The molecule has 0 radical (unpaired) electrons. The Morgan fingerprint density at radius 3 is 2.65 bits per heavy atom. The summed E-state index contributed by atoms with van der Waals surface area (Å²) >= 11 is 0. The van der Waals surface area contributed by atoms with Gasteiger partial charge in [-0.3, -0.25) is 14.8 Å². The topological polar surface area (TPSA) is 73.3 Å². The summed E-state index contributed by atoms with van der Waals surface area (Å²) in [5.41, 5.74) is 1.72. The molecule has 122 valence electrons. The number of carbonyl (C=O) groups is 1. The molecule has 1 amide bonds. The molecular formula is C17H21N3O3. The Labute approximate surface area is 135 Å². The Morgan fingerprint density at radius 1 is 1.22 bits per heavy atom. The standard InChI is InChI=1S/C17H21N3O3/c1-12(8-14-11-18-6-7-19-14)20-17(21)10-13-4-5-15(22-2)16(9-13)23-3/h4-7,9,11-12H,8,10H2,1-3H3,(H,20,21)/t12-/m1/s1. The van der Waals surface area contributed by atoms with Crippen LogP contribution in [-0.4, -0.2) is 36.1 Å². The van der Waals surface area contributed by atoms with Gasteiger partial charge in [0, 0.05) is 31.1 Å². The van der Waals surface area contributed by atoms with Crippen LogP contribution in [0.3, 0.4) is 0 Å². The van der Waals surface area contributed by atoms with E-state index in [1.54, 1.807) is 38.9 Å². The third-order valence-electron chi connectivity index (χ3n) is 3.35. The number of hydrogen-bond donors (Lipinski definition) is 1. The van der Waals surface area contributed by atoms with Crippen LogP contribution in [0.5, 0.6) is 11.5 Å². The molecular weight excluding hydrogens is 294 g/mol. The number of benzene rings is 1. The second kappa shape index (κ2) is 8.12. The zero-order valence-electron chi connectivity index (χ0n) is 13.6. The molecule has 2 rings (SSSR count). The monoisotopic (exact) mass is 315 g/mol. The average molecular weight is 315 g/mol. The smallest absolute Gasteiger partial charge is 0.224 e. The Hall–Kier alpha value is -2.63. The quantitative estimate of drug-likeness (QED) is 0.843. The lowest BCUT2D eigenvalue weighted by molar-refractivity contribution is -0.121. The summed E-state index contributed by atoms with van der Waals surface area (Å²) in [5, 5.41) is 2.96. The lowest BCUT2D eigenvalue weighted by atomic mass is 10.1. The van der Waals surface area contributed by atoms with Crippen LogP contribution in [0.15, 0.2) is 36.8 Å². The largest absolute Gasteiger partial charge is 0.493 e. The molecule has 0 fully saturated rings. The molecule has 1 atom stereocenters. The third kappa shape index (κ3) is 4.95. The minimum absolute atomic E-state index is 0.0145. The van der Waals surface area contributed by atoms with Crippen LogP contribution in [0.2, 0.25) is 0 Å². The number of nitrogens with one attached hydrogen (secondary N) is 1. The SMILES string of the molecule is COc1ccc(CC(=O)N[C@H](C)Cc2cnccn2)cc1OC. The van der Waals surface area contributed by atoms with E-state index in [1.165, 1.54) is 0 Å². The molecule has 1 heterocycles. The van der Waals surface area contributed by atoms with Crippen molar-refractivity contribution in [2.75, 3.05) is 14.2 Å². The van der Waals surface area contributed by atoms with E-state index in [0.717, 1.165) is 11.3 Å². The first-order valence-corrected chi connectivity index (χ1v) is 7.37. The van der Waals surface area contributed by atoms with Crippen LogP contribution < -0.4 is 14.8 Å². The number of rotatable bonds is 7. The van der Waals surface area contributed by atoms with Crippen molar-refractivity contribution in [1.82, 2.24) is 15.3 Å². The first-order chi connectivity index (χ1) is 11.1. The Balaban J connectivity index is 1.91. The normalized spacial score (nSPS) is 11.6. The van der Waals surface area contributed by atoms with Gasteiger partial charge in [-0.15, -0.1) is 0 Å². The predicted octanol–water partition coefficient (Wildman–Crippen LogP) is 1.78. The molecule has 0 spiro atoms. The van der Waals surface area contributed by atoms with E-state index in [9.17, 15) is 4.79 Å². The summed E-state index contributed by atoms with van der Waals surface area (Å²) in [6.07, 6.45) is 5.91. The maximum absolute atomic E-state index is 12.1. The van der Waals surface area contributed by atoms with Gasteiger partial charge in [-0.1, -0.05) is 6.07 Å². The lowest BCUT2D eigenvalue weighted by Gasteiger charge is -2.14. The van der Waals surface area contributed by atoms with Gasteiger partial charge in [-0.2, -0.15) is 0 Å². The first kappa shape index (κ1) is 16.7. The zero-order chi connectivity index (χ0) is 16.7. The highest BCUT2D eigenvalue weighted by molar-refractivity contribution is 5.79. The van der Waals surface area contributed by atoms with Crippen LogP contribution in [0.25, 0.3) is 0 Å². The van der Waals surface area contributed by atoms with E-state index in [0.29, 0.717) is 17.9 Å². The summed E-state index contributed by atoms with van der Waals surface area (Å²) in [6.45, 7) is 1.95. The Bertz CT molecular complexity index is 647. The Kier molecular flexibility index (Phi) is 5.91. The van der Waals surface area contributed by atoms with Gasteiger partial charge in [0.2, 0.25) is 5.91 Å². The van der Waals surface area contributed by atoms with E-state index in [1.807, 2.05) is 19.1 Å². The van der Waals surface area contributed by atoms with Gasteiger partial charge >= 0.3 is 0 Å². The molecule has 0 aliphatic carbocycles. The fourth-order valence-electron chi connectivity index (χ4n) is 2.30. The maximum atomic E-state index is 12.1. The van der Waals surface area contributed by atoms with Crippen molar-refractivity contribution in [3.8, 4) is 11.5 Å². The number of nitrogens with zero attached hydrogens (tertiary/aromatic N) is 2. The fraction of sp³-hybridized carbons (Fsp3) is 0.353. The van der Waals surface area contributed by atoms with Crippen molar-refractivity contribution in [2.45, 2.75) is 25.8 Å². The second-order valence-electron chi connectivity index (χ2n) is 5.24. The number of methoxy groups -OCH3 is 2. The molecule has 0 saturated carbocycles. The van der Waals surface area contributed by atoms with Gasteiger partial charge in [-0.25, -0.2) is 0 Å². The van der Waals surface area contributed by atoms with E-state index in [4.69, 9.17) is 9.47 Å². The summed E-state index contributed by atoms with van der Waals surface area (Å²) in [5.74, 6) is 1.21. The van der Waals surface area contributed by atoms with Crippen molar-refractivity contribution in [2.24, 2.45) is 0 Å².